The Labute approximate surface area is 112 Å². The first kappa shape index (κ1) is 12.8. The van der Waals surface area contributed by atoms with Crippen molar-refractivity contribution >= 4 is 11.4 Å². The van der Waals surface area contributed by atoms with Crippen molar-refractivity contribution in [3.05, 3.63) is 58.7 Å². The van der Waals surface area contributed by atoms with E-state index in [9.17, 15) is 17.6 Å². The molecule has 0 amide bonds. The summed E-state index contributed by atoms with van der Waals surface area (Å²) < 4.78 is 54.0. The molecule has 0 aromatic heterocycles. The van der Waals surface area contributed by atoms with Crippen molar-refractivity contribution in [2.75, 3.05) is 10.6 Å². The van der Waals surface area contributed by atoms with Crippen LogP contribution in [0.1, 0.15) is 11.1 Å². The van der Waals surface area contributed by atoms with Gasteiger partial charge in [0.1, 0.15) is 5.69 Å². The summed E-state index contributed by atoms with van der Waals surface area (Å²) >= 11 is 0. The maximum atomic E-state index is 13.8. The molecule has 0 spiro atoms. The van der Waals surface area contributed by atoms with Crippen LogP contribution in [0.15, 0.2) is 24.3 Å². The largest absolute Gasteiger partial charge is 0.398 e. The summed E-state index contributed by atoms with van der Waals surface area (Å²) in [5.41, 5.74) is 7.08. The lowest BCUT2D eigenvalue weighted by Gasteiger charge is -2.19. The Morgan fingerprint density at radius 1 is 0.950 bits per heavy atom. The second-order valence-electron chi connectivity index (χ2n) is 4.66. The Hall–Kier alpha value is -2.24. The lowest BCUT2D eigenvalue weighted by atomic mass is 10.1. The molecule has 0 atom stereocenters. The third-order valence-electron chi connectivity index (χ3n) is 3.42. The molecule has 0 aliphatic carbocycles. The highest BCUT2D eigenvalue weighted by molar-refractivity contribution is 5.60. The molecule has 2 aromatic carbocycles. The fourth-order valence-corrected chi connectivity index (χ4v) is 2.44. The predicted octanol–water partition coefficient (Wildman–Crippen LogP) is 3.35. The zero-order valence-electron chi connectivity index (χ0n) is 10.3. The summed E-state index contributed by atoms with van der Waals surface area (Å²) in [4.78, 5) is 1.23. The Morgan fingerprint density at radius 3 is 2.20 bits per heavy atom. The van der Waals surface area contributed by atoms with Gasteiger partial charge in [0.25, 0.3) is 0 Å². The van der Waals surface area contributed by atoms with Gasteiger partial charge in [-0.3, -0.25) is 0 Å². The van der Waals surface area contributed by atoms with E-state index in [1.165, 1.54) is 4.90 Å². The molecule has 0 saturated carbocycles. The van der Waals surface area contributed by atoms with E-state index in [0.717, 1.165) is 11.1 Å². The quantitative estimate of drug-likeness (QED) is 0.494. The smallest absolute Gasteiger partial charge is 0.185 e. The van der Waals surface area contributed by atoms with Gasteiger partial charge >= 0.3 is 0 Å². The molecule has 1 heterocycles. The monoisotopic (exact) mass is 282 g/mol. The van der Waals surface area contributed by atoms with Gasteiger partial charge in [0.2, 0.25) is 0 Å². The van der Waals surface area contributed by atoms with E-state index in [4.69, 9.17) is 5.73 Å². The molecule has 0 saturated heterocycles. The van der Waals surface area contributed by atoms with E-state index in [2.05, 4.69) is 0 Å². The number of nitrogens with two attached hydrogens (primary N) is 1. The third kappa shape index (κ3) is 1.79. The number of nitrogen functional groups attached to an aromatic ring is 1. The van der Waals surface area contributed by atoms with Crippen molar-refractivity contribution in [1.29, 1.82) is 0 Å². The summed E-state index contributed by atoms with van der Waals surface area (Å²) in [7, 11) is 0. The average molecular weight is 282 g/mol. The fraction of sp³-hybridized carbons (Fsp3) is 0.143. The van der Waals surface area contributed by atoms with Gasteiger partial charge in [-0.15, -0.1) is 0 Å². The molecule has 104 valence electrons. The number of fused-ring (bicyclic) bond motifs is 1. The highest BCUT2D eigenvalue weighted by Crippen LogP contribution is 2.35. The minimum atomic E-state index is -1.41. The summed E-state index contributed by atoms with van der Waals surface area (Å²) in [6, 6.07) is 5.35. The van der Waals surface area contributed by atoms with Crippen molar-refractivity contribution in [1.82, 2.24) is 0 Å². The Balaban J connectivity index is 2.08. The summed E-state index contributed by atoms with van der Waals surface area (Å²) in [5, 5.41) is 0. The zero-order valence-corrected chi connectivity index (χ0v) is 10.3. The number of nitrogens with zero attached hydrogens (tertiary/aromatic N) is 1. The van der Waals surface area contributed by atoms with Crippen LogP contribution in [0.4, 0.5) is 28.9 Å². The van der Waals surface area contributed by atoms with Crippen LogP contribution in [0.5, 0.6) is 0 Å². The molecular weight excluding hydrogens is 272 g/mol. The maximum absolute atomic E-state index is 13.8. The van der Waals surface area contributed by atoms with Gasteiger partial charge in [0.05, 0.1) is 0 Å². The molecule has 2 N–H and O–H groups in total. The molecule has 20 heavy (non-hydrogen) atoms. The number of rotatable bonds is 1. The van der Waals surface area contributed by atoms with E-state index < -0.39 is 29.0 Å². The lowest BCUT2D eigenvalue weighted by molar-refractivity contribution is 0.451. The normalized spacial score (nSPS) is 13.7. The highest BCUT2D eigenvalue weighted by Gasteiger charge is 2.29. The minimum absolute atomic E-state index is 0.110. The van der Waals surface area contributed by atoms with Crippen molar-refractivity contribution in [3.8, 4) is 0 Å². The van der Waals surface area contributed by atoms with Gasteiger partial charge in [-0.25, -0.2) is 17.6 Å². The first-order chi connectivity index (χ1) is 9.49. The fourth-order valence-electron chi connectivity index (χ4n) is 2.44. The van der Waals surface area contributed by atoms with E-state index >= 15 is 0 Å². The minimum Gasteiger partial charge on any atom is -0.398 e. The van der Waals surface area contributed by atoms with Crippen LogP contribution < -0.4 is 10.6 Å². The molecule has 0 radical (unpaired) electrons. The highest BCUT2D eigenvalue weighted by atomic mass is 19.2. The number of anilines is 2. The van der Waals surface area contributed by atoms with Gasteiger partial charge in [0, 0.05) is 24.8 Å². The van der Waals surface area contributed by atoms with Crippen LogP contribution >= 0.6 is 0 Å². The van der Waals surface area contributed by atoms with Crippen molar-refractivity contribution in [3.63, 3.8) is 0 Å². The maximum Gasteiger partial charge on any atom is 0.185 e. The van der Waals surface area contributed by atoms with Crippen LogP contribution in [0, 0.1) is 23.3 Å². The standard InChI is InChI=1S/C14H10F4N2/c15-9-4-10(16)13(18)14(12(9)17)20-5-7-2-1-3-11(19)8(7)6-20/h1-4H,5-6,19H2. The predicted molar refractivity (Wildman–Crippen MR) is 67.0 cm³/mol. The van der Waals surface area contributed by atoms with Crippen molar-refractivity contribution in [2.45, 2.75) is 13.1 Å². The van der Waals surface area contributed by atoms with E-state index in [1.54, 1.807) is 18.2 Å². The number of hydrogen-bond donors (Lipinski definition) is 1. The van der Waals surface area contributed by atoms with Crippen LogP contribution in [0.3, 0.4) is 0 Å². The third-order valence-corrected chi connectivity index (χ3v) is 3.42. The molecule has 2 aromatic rings. The lowest BCUT2D eigenvalue weighted by Crippen LogP contribution is -2.19. The van der Waals surface area contributed by atoms with Gasteiger partial charge in [-0.2, -0.15) is 0 Å². The Bertz CT molecular complexity index is 674. The van der Waals surface area contributed by atoms with Crippen LogP contribution in [0.25, 0.3) is 0 Å². The SMILES string of the molecule is Nc1cccc2c1CN(c1c(F)c(F)cc(F)c1F)C2. The van der Waals surface area contributed by atoms with Gasteiger partial charge in [-0.05, 0) is 17.2 Å². The van der Waals surface area contributed by atoms with Gasteiger partial charge in [0.15, 0.2) is 23.3 Å². The molecule has 1 aliphatic heterocycles. The molecule has 6 heteroatoms. The van der Waals surface area contributed by atoms with Gasteiger partial charge in [-0.1, -0.05) is 12.1 Å². The topological polar surface area (TPSA) is 29.3 Å². The molecule has 0 fully saturated rings. The summed E-state index contributed by atoms with van der Waals surface area (Å²) in [6.07, 6.45) is 0. The first-order valence-electron chi connectivity index (χ1n) is 5.93. The molecule has 2 nitrogen and oxygen atoms in total. The average Bonchev–Trinajstić information content (AvgIpc) is 2.82. The summed E-state index contributed by atoms with van der Waals surface area (Å²) in [6.45, 7) is 0.260. The molecule has 3 rings (SSSR count). The second-order valence-corrected chi connectivity index (χ2v) is 4.66. The van der Waals surface area contributed by atoms with Gasteiger partial charge < -0.3 is 10.6 Å². The Morgan fingerprint density at radius 2 is 1.60 bits per heavy atom. The van der Waals surface area contributed by atoms with Crippen molar-refractivity contribution in [2.24, 2.45) is 0 Å². The second kappa shape index (κ2) is 4.40. The van der Waals surface area contributed by atoms with Crippen LogP contribution in [0.2, 0.25) is 0 Å². The molecule has 0 unspecified atom stereocenters. The zero-order chi connectivity index (χ0) is 14.4. The number of hydrogen-bond acceptors (Lipinski definition) is 2. The summed E-state index contributed by atoms with van der Waals surface area (Å²) in [5.74, 6) is -5.61. The Kier molecular flexibility index (Phi) is 2.81. The van der Waals surface area contributed by atoms with E-state index in [-0.39, 0.29) is 19.2 Å². The van der Waals surface area contributed by atoms with Crippen LogP contribution in [-0.4, -0.2) is 0 Å². The molecule has 1 aliphatic rings. The number of halogens is 4. The first-order valence-corrected chi connectivity index (χ1v) is 5.93. The van der Waals surface area contributed by atoms with E-state index in [1.807, 2.05) is 0 Å². The van der Waals surface area contributed by atoms with E-state index in [0.29, 0.717) is 5.69 Å². The number of benzene rings is 2. The van der Waals surface area contributed by atoms with Crippen molar-refractivity contribution < 1.29 is 17.6 Å². The molecular formula is C14H10F4N2. The molecule has 0 bridgehead atoms. The van der Waals surface area contributed by atoms with Crippen LogP contribution in [-0.2, 0) is 13.1 Å².